The lowest BCUT2D eigenvalue weighted by Gasteiger charge is -2.54. The summed E-state index contributed by atoms with van der Waals surface area (Å²) in [7, 11) is 0. The maximum atomic E-state index is 3.53. The summed E-state index contributed by atoms with van der Waals surface area (Å²) in [5.74, 6) is 0. The summed E-state index contributed by atoms with van der Waals surface area (Å²) < 4.78 is 0. The van der Waals surface area contributed by atoms with Crippen LogP contribution in [0.4, 0.5) is 0 Å². The number of likely N-dealkylation sites (tertiary alicyclic amines) is 1. The monoisotopic (exact) mass is 196 g/mol. The molecule has 2 fully saturated rings. The number of hydrogen-bond acceptors (Lipinski definition) is 2. The topological polar surface area (TPSA) is 15.3 Å². The Morgan fingerprint density at radius 1 is 1.29 bits per heavy atom. The van der Waals surface area contributed by atoms with E-state index in [4.69, 9.17) is 0 Å². The molecule has 2 aliphatic heterocycles. The Kier molecular flexibility index (Phi) is 2.61. The fraction of sp³-hybridized carbons (Fsp3) is 1.00. The third-order valence-corrected chi connectivity index (χ3v) is 3.38. The summed E-state index contributed by atoms with van der Waals surface area (Å²) >= 11 is 0. The molecule has 0 aromatic heterocycles. The van der Waals surface area contributed by atoms with E-state index in [-0.39, 0.29) is 0 Å². The molecule has 14 heavy (non-hydrogen) atoms. The SMILES string of the molecule is CC(C)(C)CN1CC2(CCCNC2)C1. The molecule has 0 aromatic carbocycles. The molecule has 1 N–H and O–H groups in total. The first-order chi connectivity index (χ1) is 6.49. The molecule has 0 radical (unpaired) electrons. The average molecular weight is 196 g/mol. The average Bonchev–Trinajstić information content (AvgIpc) is 2.00. The molecule has 2 heteroatoms. The van der Waals surface area contributed by atoms with Gasteiger partial charge in [-0.25, -0.2) is 0 Å². The lowest BCUT2D eigenvalue weighted by Crippen LogP contribution is -2.63. The number of rotatable bonds is 1. The molecule has 0 atom stereocenters. The number of nitrogens with zero attached hydrogens (tertiary/aromatic N) is 1. The van der Waals surface area contributed by atoms with E-state index in [2.05, 4.69) is 31.0 Å². The smallest absolute Gasteiger partial charge is 0.00827 e. The molecule has 2 rings (SSSR count). The molecule has 0 bridgehead atoms. The van der Waals surface area contributed by atoms with Crippen LogP contribution >= 0.6 is 0 Å². The van der Waals surface area contributed by atoms with Crippen LogP contribution in [0.5, 0.6) is 0 Å². The molecule has 2 nitrogen and oxygen atoms in total. The molecule has 2 saturated heterocycles. The summed E-state index contributed by atoms with van der Waals surface area (Å²) in [6.45, 7) is 13.4. The second-order valence-electron chi connectivity index (χ2n) is 6.49. The highest BCUT2D eigenvalue weighted by molar-refractivity contribution is 4.99. The van der Waals surface area contributed by atoms with Crippen LogP contribution in [0.1, 0.15) is 33.6 Å². The predicted octanol–water partition coefficient (Wildman–Crippen LogP) is 1.72. The minimum atomic E-state index is 0.462. The van der Waals surface area contributed by atoms with E-state index in [1.165, 1.54) is 45.6 Å². The Bertz CT molecular complexity index is 191. The van der Waals surface area contributed by atoms with Crippen molar-refractivity contribution in [1.82, 2.24) is 10.2 Å². The summed E-state index contributed by atoms with van der Waals surface area (Å²) in [5, 5.41) is 3.53. The third-order valence-electron chi connectivity index (χ3n) is 3.38. The Morgan fingerprint density at radius 2 is 2.00 bits per heavy atom. The van der Waals surface area contributed by atoms with Gasteiger partial charge in [0.05, 0.1) is 0 Å². The highest BCUT2D eigenvalue weighted by Gasteiger charge is 2.43. The molecule has 1 spiro atoms. The second-order valence-corrected chi connectivity index (χ2v) is 6.49. The van der Waals surface area contributed by atoms with E-state index < -0.39 is 0 Å². The number of hydrogen-bond donors (Lipinski definition) is 1. The van der Waals surface area contributed by atoms with Gasteiger partial charge in [0, 0.05) is 31.6 Å². The Labute approximate surface area is 88.1 Å². The molecule has 0 saturated carbocycles. The van der Waals surface area contributed by atoms with Crippen LogP contribution in [0.15, 0.2) is 0 Å². The summed E-state index contributed by atoms with van der Waals surface area (Å²) in [4.78, 5) is 2.62. The van der Waals surface area contributed by atoms with Crippen molar-refractivity contribution in [2.75, 3.05) is 32.7 Å². The number of nitrogens with one attached hydrogen (secondary N) is 1. The predicted molar refractivity (Wildman–Crippen MR) is 60.4 cm³/mol. The van der Waals surface area contributed by atoms with Gasteiger partial charge in [-0.05, 0) is 24.8 Å². The van der Waals surface area contributed by atoms with Gasteiger partial charge in [-0.2, -0.15) is 0 Å². The summed E-state index contributed by atoms with van der Waals surface area (Å²) in [5.41, 5.74) is 1.12. The fourth-order valence-electron chi connectivity index (χ4n) is 2.99. The van der Waals surface area contributed by atoms with Crippen molar-refractivity contribution in [1.29, 1.82) is 0 Å². The molecular weight excluding hydrogens is 172 g/mol. The van der Waals surface area contributed by atoms with Crippen LogP contribution in [0.3, 0.4) is 0 Å². The van der Waals surface area contributed by atoms with Crippen LogP contribution in [0.25, 0.3) is 0 Å². The molecule has 0 unspecified atom stereocenters. The van der Waals surface area contributed by atoms with E-state index in [9.17, 15) is 0 Å². The molecule has 82 valence electrons. The standard InChI is InChI=1S/C12H24N2/c1-11(2,3)8-14-9-12(10-14)5-4-6-13-7-12/h13H,4-10H2,1-3H3. The van der Waals surface area contributed by atoms with Gasteiger partial charge in [-0.15, -0.1) is 0 Å². The van der Waals surface area contributed by atoms with Gasteiger partial charge in [0.15, 0.2) is 0 Å². The normalized spacial score (nSPS) is 27.6. The first-order valence-corrected chi connectivity index (χ1v) is 5.92. The van der Waals surface area contributed by atoms with Gasteiger partial charge in [0.2, 0.25) is 0 Å². The van der Waals surface area contributed by atoms with Gasteiger partial charge >= 0.3 is 0 Å². The highest BCUT2D eigenvalue weighted by atomic mass is 15.2. The van der Waals surface area contributed by atoms with Crippen molar-refractivity contribution >= 4 is 0 Å². The zero-order valence-electron chi connectivity index (χ0n) is 9.90. The second kappa shape index (κ2) is 3.49. The maximum absolute atomic E-state index is 3.53. The third kappa shape index (κ3) is 2.29. The lowest BCUT2D eigenvalue weighted by molar-refractivity contribution is -0.0345. The van der Waals surface area contributed by atoms with E-state index in [0.29, 0.717) is 10.8 Å². The van der Waals surface area contributed by atoms with E-state index in [1.807, 2.05) is 0 Å². The van der Waals surface area contributed by atoms with Gasteiger partial charge in [-0.1, -0.05) is 20.8 Å². The summed E-state index contributed by atoms with van der Waals surface area (Å²) in [6, 6.07) is 0. The maximum Gasteiger partial charge on any atom is 0.00827 e. The zero-order chi connectivity index (χ0) is 10.2. The molecule has 0 aromatic rings. The van der Waals surface area contributed by atoms with Crippen molar-refractivity contribution in [3.05, 3.63) is 0 Å². The quantitative estimate of drug-likeness (QED) is 0.687. The van der Waals surface area contributed by atoms with Gasteiger partial charge in [-0.3, -0.25) is 0 Å². The van der Waals surface area contributed by atoms with Crippen LogP contribution in [0.2, 0.25) is 0 Å². The van der Waals surface area contributed by atoms with Crippen LogP contribution in [0, 0.1) is 10.8 Å². The van der Waals surface area contributed by atoms with Crippen molar-refractivity contribution in [3.63, 3.8) is 0 Å². The first-order valence-electron chi connectivity index (χ1n) is 5.92. The zero-order valence-corrected chi connectivity index (χ0v) is 9.90. The van der Waals surface area contributed by atoms with Gasteiger partial charge in [0.1, 0.15) is 0 Å². The Hall–Kier alpha value is -0.0800. The molecular formula is C12H24N2. The van der Waals surface area contributed by atoms with Gasteiger partial charge < -0.3 is 10.2 Å². The lowest BCUT2D eigenvalue weighted by atomic mass is 9.73. The summed E-state index contributed by atoms with van der Waals surface area (Å²) in [6.07, 6.45) is 2.82. The van der Waals surface area contributed by atoms with Crippen molar-refractivity contribution in [2.45, 2.75) is 33.6 Å². The van der Waals surface area contributed by atoms with Crippen molar-refractivity contribution < 1.29 is 0 Å². The molecule has 0 amide bonds. The number of piperidine rings is 1. The van der Waals surface area contributed by atoms with Crippen LogP contribution in [-0.4, -0.2) is 37.6 Å². The van der Waals surface area contributed by atoms with Gasteiger partial charge in [0.25, 0.3) is 0 Å². The minimum absolute atomic E-state index is 0.462. The first kappa shape index (κ1) is 10.4. The fourth-order valence-corrected chi connectivity index (χ4v) is 2.99. The molecule has 2 aliphatic rings. The van der Waals surface area contributed by atoms with Crippen molar-refractivity contribution in [2.24, 2.45) is 10.8 Å². The van der Waals surface area contributed by atoms with E-state index in [1.54, 1.807) is 0 Å². The Balaban J connectivity index is 1.78. The minimum Gasteiger partial charge on any atom is -0.316 e. The molecule has 0 aliphatic carbocycles. The van der Waals surface area contributed by atoms with E-state index in [0.717, 1.165) is 0 Å². The van der Waals surface area contributed by atoms with Crippen LogP contribution < -0.4 is 5.32 Å². The van der Waals surface area contributed by atoms with Crippen molar-refractivity contribution in [3.8, 4) is 0 Å². The van der Waals surface area contributed by atoms with E-state index >= 15 is 0 Å². The Morgan fingerprint density at radius 3 is 2.50 bits per heavy atom. The molecule has 2 heterocycles. The van der Waals surface area contributed by atoms with Crippen LogP contribution in [-0.2, 0) is 0 Å². The largest absolute Gasteiger partial charge is 0.316 e. The highest BCUT2D eigenvalue weighted by Crippen LogP contribution is 2.37.